The first-order chi connectivity index (χ1) is 10.1. The molecule has 21 heavy (non-hydrogen) atoms. The summed E-state index contributed by atoms with van der Waals surface area (Å²) in [5.41, 5.74) is 5.70. The third kappa shape index (κ3) is 3.75. The number of nitrogens with two attached hydrogens (primary N) is 1. The third-order valence-corrected chi connectivity index (χ3v) is 4.54. The van der Waals surface area contributed by atoms with Crippen LogP contribution in [0.5, 0.6) is 0 Å². The molecule has 1 aliphatic rings. The second-order valence-corrected chi connectivity index (χ2v) is 6.36. The SMILES string of the molecule is N/C(=N/O)C1(NC(=O)c2ccc(Br)cc2)CCCCCC1. The maximum atomic E-state index is 12.4. The number of hydrogen-bond acceptors (Lipinski definition) is 3. The van der Waals surface area contributed by atoms with Gasteiger partial charge in [0.1, 0.15) is 5.54 Å². The average Bonchev–Trinajstić information content (AvgIpc) is 2.73. The zero-order valence-electron chi connectivity index (χ0n) is 11.8. The van der Waals surface area contributed by atoms with Crippen molar-refractivity contribution in [1.29, 1.82) is 0 Å². The largest absolute Gasteiger partial charge is 0.409 e. The molecule has 1 aliphatic carbocycles. The molecule has 0 aliphatic heterocycles. The molecule has 0 saturated heterocycles. The predicted octanol–water partition coefficient (Wildman–Crippen LogP) is 3.02. The van der Waals surface area contributed by atoms with Gasteiger partial charge >= 0.3 is 0 Å². The van der Waals surface area contributed by atoms with E-state index in [0.717, 1.165) is 30.2 Å². The van der Waals surface area contributed by atoms with Crippen LogP contribution < -0.4 is 11.1 Å². The Morgan fingerprint density at radius 2 is 1.76 bits per heavy atom. The average molecular weight is 354 g/mol. The number of amides is 1. The Balaban J connectivity index is 2.22. The van der Waals surface area contributed by atoms with Crippen LogP contribution in [0.3, 0.4) is 0 Å². The van der Waals surface area contributed by atoms with Crippen LogP contribution in [0.1, 0.15) is 48.9 Å². The topological polar surface area (TPSA) is 87.7 Å². The van der Waals surface area contributed by atoms with E-state index in [1.807, 2.05) is 12.1 Å². The summed E-state index contributed by atoms with van der Waals surface area (Å²) in [6.07, 6.45) is 5.52. The second-order valence-electron chi connectivity index (χ2n) is 5.44. The fraction of sp³-hybridized carbons (Fsp3) is 0.467. The highest BCUT2D eigenvalue weighted by molar-refractivity contribution is 9.10. The van der Waals surface area contributed by atoms with E-state index >= 15 is 0 Å². The van der Waals surface area contributed by atoms with Gasteiger partial charge in [-0.2, -0.15) is 0 Å². The molecule has 0 atom stereocenters. The molecule has 0 bridgehead atoms. The number of nitrogens with one attached hydrogen (secondary N) is 1. The molecule has 2 rings (SSSR count). The van der Waals surface area contributed by atoms with Gasteiger partial charge in [-0.1, -0.05) is 46.8 Å². The number of hydrogen-bond donors (Lipinski definition) is 3. The summed E-state index contributed by atoms with van der Waals surface area (Å²) in [6.45, 7) is 0. The number of benzene rings is 1. The first-order valence-corrected chi connectivity index (χ1v) is 7.93. The molecule has 0 aromatic heterocycles. The maximum Gasteiger partial charge on any atom is 0.252 e. The van der Waals surface area contributed by atoms with Gasteiger partial charge in [0.05, 0.1) is 0 Å². The maximum absolute atomic E-state index is 12.4. The number of carbonyl (C=O) groups excluding carboxylic acids is 1. The molecule has 0 heterocycles. The highest BCUT2D eigenvalue weighted by Crippen LogP contribution is 2.28. The van der Waals surface area contributed by atoms with Crippen molar-refractivity contribution >= 4 is 27.7 Å². The van der Waals surface area contributed by atoms with Gasteiger partial charge in [-0.15, -0.1) is 0 Å². The Morgan fingerprint density at radius 3 is 2.29 bits per heavy atom. The number of rotatable bonds is 3. The Hall–Kier alpha value is -1.56. The fourth-order valence-electron chi connectivity index (χ4n) is 2.76. The number of amidine groups is 1. The van der Waals surface area contributed by atoms with Gasteiger partial charge in [-0.3, -0.25) is 4.79 Å². The summed E-state index contributed by atoms with van der Waals surface area (Å²) in [5, 5.41) is 15.2. The van der Waals surface area contributed by atoms with Crippen LogP contribution in [-0.2, 0) is 0 Å². The number of nitrogens with zero attached hydrogens (tertiary/aromatic N) is 1. The lowest BCUT2D eigenvalue weighted by Gasteiger charge is -2.32. The minimum absolute atomic E-state index is 0.0925. The van der Waals surface area contributed by atoms with Gasteiger partial charge in [-0.05, 0) is 37.1 Å². The molecule has 0 unspecified atom stereocenters. The van der Waals surface area contributed by atoms with Crippen LogP contribution in [0.25, 0.3) is 0 Å². The quantitative estimate of drug-likeness (QED) is 0.256. The molecule has 5 nitrogen and oxygen atoms in total. The Kier molecular flexibility index (Phi) is 5.22. The zero-order valence-corrected chi connectivity index (χ0v) is 13.4. The van der Waals surface area contributed by atoms with Crippen molar-refractivity contribution in [3.05, 3.63) is 34.3 Å². The number of halogens is 1. The van der Waals surface area contributed by atoms with Gasteiger partial charge in [0, 0.05) is 10.0 Å². The van der Waals surface area contributed by atoms with E-state index < -0.39 is 5.54 Å². The van der Waals surface area contributed by atoms with E-state index in [0.29, 0.717) is 18.4 Å². The molecule has 1 amide bonds. The summed E-state index contributed by atoms with van der Waals surface area (Å²) >= 11 is 3.34. The van der Waals surface area contributed by atoms with Crippen LogP contribution in [-0.4, -0.2) is 22.5 Å². The second kappa shape index (κ2) is 6.93. The predicted molar refractivity (Wildman–Crippen MR) is 85.5 cm³/mol. The summed E-state index contributed by atoms with van der Waals surface area (Å²) in [5.74, 6) is -0.106. The smallest absolute Gasteiger partial charge is 0.252 e. The van der Waals surface area contributed by atoms with E-state index in [1.54, 1.807) is 12.1 Å². The first kappa shape index (κ1) is 15.8. The van der Waals surface area contributed by atoms with Crippen molar-refractivity contribution in [1.82, 2.24) is 5.32 Å². The van der Waals surface area contributed by atoms with Crippen LogP contribution in [0.4, 0.5) is 0 Å². The highest BCUT2D eigenvalue weighted by Gasteiger charge is 2.37. The van der Waals surface area contributed by atoms with Gasteiger partial charge in [0.25, 0.3) is 5.91 Å². The first-order valence-electron chi connectivity index (χ1n) is 7.13. The van der Waals surface area contributed by atoms with E-state index in [2.05, 4.69) is 26.4 Å². The molecule has 4 N–H and O–H groups in total. The molecule has 0 spiro atoms. The lowest BCUT2D eigenvalue weighted by Crippen LogP contribution is -2.57. The molecule has 114 valence electrons. The molecular formula is C15H20BrN3O2. The summed E-state index contributed by atoms with van der Waals surface area (Å²) in [6, 6.07) is 7.13. The molecule has 1 aromatic rings. The standard InChI is InChI=1S/C15H20BrN3O2/c16-12-7-5-11(6-8-12)13(20)18-15(14(17)19-21)9-3-1-2-4-10-15/h5-8,21H,1-4,9-10H2,(H2,17,19)(H,18,20). The minimum Gasteiger partial charge on any atom is -0.409 e. The van der Waals surface area contributed by atoms with Gasteiger partial charge in [0.15, 0.2) is 5.84 Å². The monoisotopic (exact) mass is 353 g/mol. The third-order valence-electron chi connectivity index (χ3n) is 4.01. The normalized spacial score (nSPS) is 18.8. The van der Waals surface area contributed by atoms with Crippen molar-refractivity contribution in [2.24, 2.45) is 10.9 Å². The Bertz CT molecular complexity index is 520. The molecule has 1 aromatic carbocycles. The molecule has 0 radical (unpaired) electrons. The van der Waals surface area contributed by atoms with Crippen molar-refractivity contribution in [3.8, 4) is 0 Å². The van der Waals surface area contributed by atoms with Crippen molar-refractivity contribution in [3.63, 3.8) is 0 Å². The number of oxime groups is 1. The molecule has 6 heteroatoms. The van der Waals surface area contributed by atoms with Crippen molar-refractivity contribution < 1.29 is 10.0 Å². The zero-order chi connectivity index (χ0) is 15.3. The van der Waals surface area contributed by atoms with Crippen LogP contribution in [0.15, 0.2) is 33.9 Å². The van der Waals surface area contributed by atoms with E-state index in [-0.39, 0.29) is 11.7 Å². The van der Waals surface area contributed by atoms with Crippen molar-refractivity contribution in [2.75, 3.05) is 0 Å². The van der Waals surface area contributed by atoms with E-state index in [4.69, 9.17) is 10.9 Å². The fourth-order valence-corrected chi connectivity index (χ4v) is 3.03. The summed E-state index contributed by atoms with van der Waals surface area (Å²) in [4.78, 5) is 12.4. The summed E-state index contributed by atoms with van der Waals surface area (Å²) in [7, 11) is 0. The minimum atomic E-state index is -0.741. The van der Waals surface area contributed by atoms with Crippen LogP contribution >= 0.6 is 15.9 Å². The number of carbonyl (C=O) groups is 1. The molecule has 1 fully saturated rings. The summed E-state index contributed by atoms with van der Waals surface area (Å²) < 4.78 is 0.916. The Morgan fingerprint density at radius 1 is 1.19 bits per heavy atom. The van der Waals surface area contributed by atoms with Crippen LogP contribution in [0.2, 0.25) is 0 Å². The van der Waals surface area contributed by atoms with Gasteiger partial charge < -0.3 is 16.3 Å². The lowest BCUT2D eigenvalue weighted by molar-refractivity contribution is 0.0915. The van der Waals surface area contributed by atoms with Gasteiger partial charge in [-0.25, -0.2) is 0 Å². The van der Waals surface area contributed by atoms with E-state index in [9.17, 15) is 4.79 Å². The van der Waals surface area contributed by atoms with Gasteiger partial charge in [0.2, 0.25) is 0 Å². The van der Waals surface area contributed by atoms with Crippen molar-refractivity contribution in [2.45, 2.75) is 44.1 Å². The molecular weight excluding hydrogens is 334 g/mol. The molecule has 1 saturated carbocycles. The van der Waals surface area contributed by atoms with E-state index in [1.165, 1.54) is 0 Å². The van der Waals surface area contributed by atoms with Crippen LogP contribution in [0, 0.1) is 0 Å². The highest BCUT2D eigenvalue weighted by atomic mass is 79.9. The Labute approximate surface area is 132 Å². The lowest BCUT2D eigenvalue weighted by atomic mass is 9.88.